The quantitative estimate of drug-likeness (QED) is 0.818. The molecule has 0 aliphatic carbocycles. The van der Waals surface area contributed by atoms with E-state index in [1.807, 2.05) is 30.3 Å². The summed E-state index contributed by atoms with van der Waals surface area (Å²) >= 11 is 0. The van der Waals surface area contributed by atoms with Gasteiger partial charge in [-0.2, -0.15) is 0 Å². The Bertz CT molecular complexity index is 507. The first kappa shape index (κ1) is 11.2. The molecule has 0 radical (unpaired) electrons. The van der Waals surface area contributed by atoms with Crippen molar-refractivity contribution in [1.29, 1.82) is 0 Å². The molecule has 0 bridgehead atoms. The average Bonchev–Trinajstić information content (AvgIpc) is 2.77. The second kappa shape index (κ2) is 4.69. The molecule has 0 aliphatic rings. The molecule has 0 spiro atoms. The first-order chi connectivity index (χ1) is 8.16. The van der Waals surface area contributed by atoms with E-state index in [9.17, 15) is 4.79 Å². The minimum Gasteiger partial charge on any atom is -0.351 e. The number of amides is 1. The average molecular weight is 231 g/mol. The maximum absolute atomic E-state index is 11.8. The van der Waals surface area contributed by atoms with Crippen LogP contribution in [0.4, 0.5) is 5.69 Å². The van der Waals surface area contributed by atoms with Crippen molar-refractivity contribution in [3.8, 4) is 0 Å². The van der Waals surface area contributed by atoms with E-state index in [-0.39, 0.29) is 11.7 Å². The monoisotopic (exact) mass is 231 g/mol. The van der Waals surface area contributed by atoms with E-state index in [0.29, 0.717) is 5.69 Å². The van der Waals surface area contributed by atoms with Crippen LogP contribution in [0, 0.1) is 6.92 Å². The van der Waals surface area contributed by atoms with Crippen LogP contribution < -0.4 is 10.4 Å². The minimum atomic E-state index is -0.322. The molecule has 0 aliphatic heterocycles. The van der Waals surface area contributed by atoms with Gasteiger partial charge in [-0.1, -0.05) is 23.4 Å². The number of benzene rings is 1. The van der Waals surface area contributed by atoms with Gasteiger partial charge in [0.05, 0.1) is 11.4 Å². The summed E-state index contributed by atoms with van der Waals surface area (Å²) in [6.07, 6.45) is 0. The van der Waals surface area contributed by atoms with Gasteiger partial charge in [-0.05, 0) is 19.1 Å². The van der Waals surface area contributed by atoms with Crippen LogP contribution >= 0.6 is 0 Å². The molecule has 2 rings (SSSR count). The summed E-state index contributed by atoms with van der Waals surface area (Å²) in [5.74, 6) is -0.123. The molecule has 1 aromatic heterocycles. The normalized spacial score (nSPS) is 10.0. The van der Waals surface area contributed by atoms with E-state index < -0.39 is 0 Å². The highest BCUT2D eigenvalue weighted by Gasteiger charge is 2.13. The lowest BCUT2D eigenvalue weighted by Crippen LogP contribution is -2.39. The zero-order valence-electron chi connectivity index (χ0n) is 9.68. The van der Waals surface area contributed by atoms with Crippen LogP contribution in [0.2, 0.25) is 0 Å². The number of carbonyl (C=O) groups excluding carboxylic acids is 1. The Kier molecular flexibility index (Phi) is 3.09. The van der Waals surface area contributed by atoms with E-state index in [1.54, 1.807) is 25.0 Å². The van der Waals surface area contributed by atoms with Crippen LogP contribution in [0.25, 0.3) is 0 Å². The summed E-state index contributed by atoms with van der Waals surface area (Å²) in [4.78, 5) is 11.8. The number of nitrogens with one attached hydrogen (secondary N) is 1. The first-order valence-electron chi connectivity index (χ1n) is 5.20. The van der Waals surface area contributed by atoms with Crippen LogP contribution in [-0.2, 0) is 0 Å². The number of hydrogen-bond donors (Lipinski definition) is 1. The number of carbonyl (C=O) groups is 1. The zero-order valence-corrected chi connectivity index (χ0v) is 9.68. The molecule has 5 heteroatoms. The molecule has 5 nitrogen and oxygen atoms in total. The molecule has 1 aromatic carbocycles. The fourth-order valence-corrected chi connectivity index (χ4v) is 1.39. The highest BCUT2D eigenvalue weighted by atomic mass is 16.5. The highest BCUT2D eigenvalue weighted by Crippen LogP contribution is 2.09. The van der Waals surface area contributed by atoms with Gasteiger partial charge in [-0.3, -0.25) is 15.2 Å². The van der Waals surface area contributed by atoms with Gasteiger partial charge in [0.1, 0.15) is 0 Å². The Labute approximate surface area is 99.0 Å². The number of para-hydroxylation sites is 1. The van der Waals surface area contributed by atoms with Crippen molar-refractivity contribution in [3.63, 3.8) is 0 Å². The van der Waals surface area contributed by atoms with Crippen molar-refractivity contribution < 1.29 is 9.32 Å². The number of aromatic nitrogens is 1. The van der Waals surface area contributed by atoms with Crippen molar-refractivity contribution in [3.05, 3.63) is 47.9 Å². The Morgan fingerprint density at radius 1 is 1.35 bits per heavy atom. The van der Waals surface area contributed by atoms with E-state index >= 15 is 0 Å². The van der Waals surface area contributed by atoms with Gasteiger partial charge < -0.3 is 4.52 Å². The SMILES string of the molecule is Cc1cc(C(=O)NN(C)c2ccccc2)on1. The molecular weight excluding hydrogens is 218 g/mol. The standard InChI is InChI=1S/C12H13N3O2/c1-9-8-11(17-14-9)12(16)13-15(2)10-6-4-3-5-7-10/h3-8H,1-2H3,(H,13,16). The minimum absolute atomic E-state index is 0.199. The lowest BCUT2D eigenvalue weighted by Gasteiger charge is -2.19. The van der Waals surface area contributed by atoms with Crippen LogP contribution in [-0.4, -0.2) is 18.1 Å². The Morgan fingerprint density at radius 3 is 2.65 bits per heavy atom. The summed E-state index contributed by atoms with van der Waals surface area (Å²) in [6.45, 7) is 1.77. The molecule has 0 fully saturated rings. The summed E-state index contributed by atoms with van der Waals surface area (Å²) < 4.78 is 4.87. The fraction of sp³-hybridized carbons (Fsp3) is 0.167. The number of rotatable bonds is 3. The second-order valence-electron chi connectivity index (χ2n) is 3.67. The molecule has 1 amide bonds. The van der Waals surface area contributed by atoms with Gasteiger partial charge in [-0.15, -0.1) is 0 Å². The maximum Gasteiger partial charge on any atom is 0.308 e. The Hall–Kier alpha value is -2.30. The number of nitrogens with zero attached hydrogens (tertiary/aromatic N) is 2. The largest absolute Gasteiger partial charge is 0.351 e. The molecule has 0 saturated carbocycles. The number of hydrogen-bond acceptors (Lipinski definition) is 4. The summed E-state index contributed by atoms with van der Waals surface area (Å²) in [5, 5.41) is 5.29. The maximum atomic E-state index is 11.8. The zero-order chi connectivity index (χ0) is 12.3. The summed E-state index contributed by atoms with van der Waals surface area (Å²) in [7, 11) is 1.76. The predicted molar refractivity (Wildman–Crippen MR) is 63.6 cm³/mol. The van der Waals surface area contributed by atoms with Gasteiger partial charge in [-0.25, -0.2) is 0 Å². The van der Waals surface area contributed by atoms with Crippen molar-refractivity contribution in [2.75, 3.05) is 12.1 Å². The lowest BCUT2D eigenvalue weighted by atomic mass is 10.3. The van der Waals surface area contributed by atoms with Crippen molar-refractivity contribution >= 4 is 11.6 Å². The lowest BCUT2D eigenvalue weighted by molar-refractivity contribution is 0.0914. The molecule has 1 N–H and O–H groups in total. The third-order valence-electron chi connectivity index (χ3n) is 2.26. The van der Waals surface area contributed by atoms with Crippen molar-refractivity contribution in [2.45, 2.75) is 6.92 Å². The van der Waals surface area contributed by atoms with Crippen LogP contribution in [0.15, 0.2) is 40.9 Å². The number of hydrazine groups is 1. The van der Waals surface area contributed by atoms with E-state index in [0.717, 1.165) is 5.69 Å². The van der Waals surface area contributed by atoms with Crippen molar-refractivity contribution in [2.24, 2.45) is 0 Å². The fourth-order valence-electron chi connectivity index (χ4n) is 1.39. The van der Waals surface area contributed by atoms with E-state index in [2.05, 4.69) is 10.6 Å². The highest BCUT2D eigenvalue weighted by molar-refractivity contribution is 5.92. The molecule has 17 heavy (non-hydrogen) atoms. The van der Waals surface area contributed by atoms with E-state index in [4.69, 9.17) is 4.52 Å². The van der Waals surface area contributed by atoms with Crippen molar-refractivity contribution in [1.82, 2.24) is 10.6 Å². The van der Waals surface area contributed by atoms with Crippen LogP contribution in [0.5, 0.6) is 0 Å². The third-order valence-corrected chi connectivity index (χ3v) is 2.26. The number of anilines is 1. The van der Waals surface area contributed by atoms with Gasteiger partial charge in [0.15, 0.2) is 0 Å². The van der Waals surface area contributed by atoms with Gasteiger partial charge in [0.25, 0.3) is 0 Å². The Balaban J connectivity index is 2.04. The second-order valence-corrected chi connectivity index (χ2v) is 3.67. The molecule has 0 saturated heterocycles. The van der Waals surface area contributed by atoms with Gasteiger partial charge in [0.2, 0.25) is 5.76 Å². The molecule has 1 heterocycles. The molecule has 2 aromatic rings. The number of aryl methyl sites for hydroxylation is 1. The first-order valence-corrected chi connectivity index (χ1v) is 5.20. The molecule has 88 valence electrons. The van der Waals surface area contributed by atoms with Crippen LogP contribution in [0.3, 0.4) is 0 Å². The molecule has 0 unspecified atom stereocenters. The predicted octanol–water partition coefficient (Wildman–Crippen LogP) is 1.76. The van der Waals surface area contributed by atoms with Gasteiger partial charge in [0, 0.05) is 13.1 Å². The third kappa shape index (κ3) is 2.63. The van der Waals surface area contributed by atoms with Crippen LogP contribution in [0.1, 0.15) is 16.2 Å². The smallest absolute Gasteiger partial charge is 0.308 e. The van der Waals surface area contributed by atoms with E-state index in [1.165, 1.54) is 0 Å². The molecular formula is C12H13N3O2. The Morgan fingerprint density at radius 2 is 2.06 bits per heavy atom. The van der Waals surface area contributed by atoms with Gasteiger partial charge >= 0.3 is 5.91 Å². The summed E-state index contributed by atoms with van der Waals surface area (Å²) in [6, 6.07) is 11.1. The topological polar surface area (TPSA) is 58.4 Å². The molecule has 0 atom stereocenters. The summed E-state index contributed by atoms with van der Waals surface area (Å²) in [5.41, 5.74) is 4.25.